The first kappa shape index (κ1) is 13.5. The van der Waals surface area contributed by atoms with E-state index >= 15 is 0 Å². The number of thioether (sulfide) groups is 1. The third-order valence-corrected chi connectivity index (χ3v) is 5.12. The van der Waals surface area contributed by atoms with Gasteiger partial charge in [-0.1, -0.05) is 43.9 Å². The molecule has 0 saturated carbocycles. The summed E-state index contributed by atoms with van der Waals surface area (Å²) >= 11 is 1.64. The second kappa shape index (κ2) is 6.26. The molecule has 0 N–H and O–H groups in total. The molecule has 88 valence electrons. The number of carbonyl (C=O) groups is 1. The van der Waals surface area contributed by atoms with Gasteiger partial charge >= 0.3 is 0 Å². The summed E-state index contributed by atoms with van der Waals surface area (Å²) in [6, 6.07) is 11.2. The molecule has 0 spiro atoms. The number of rotatable bonds is 6. The molecule has 0 aliphatic rings. The molecule has 0 unspecified atom stereocenters. The van der Waals surface area contributed by atoms with Gasteiger partial charge in [-0.05, 0) is 12.1 Å². The van der Waals surface area contributed by atoms with Gasteiger partial charge in [-0.2, -0.15) is 0 Å². The molecule has 1 aromatic rings. The van der Waals surface area contributed by atoms with Gasteiger partial charge in [-0.25, -0.2) is 0 Å². The third kappa shape index (κ3) is 6.13. The summed E-state index contributed by atoms with van der Waals surface area (Å²) in [6.07, 6.45) is 0.759. The summed E-state index contributed by atoms with van der Waals surface area (Å²) in [5.41, 5.74) is 0. The number of carbonyl (C=O) groups excluding carboxylic acids is 1. The van der Waals surface area contributed by atoms with Gasteiger partial charge in [-0.15, -0.1) is 11.8 Å². The molecule has 0 atom stereocenters. The number of benzene rings is 1. The maximum Gasteiger partial charge on any atom is 0.142 e. The Labute approximate surface area is 104 Å². The summed E-state index contributed by atoms with van der Waals surface area (Å²) in [7, 11) is -1.06. The predicted molar refractivity (Wildman–Crippen MR) is 74.9 cm³/mol. The number of hydrogen-bond acceptors (Lipinski definition) is 2. The summed E-state index contributed by atoms with van der Waals surface area (Å²) in [4.78, 5) is 12.8. The second-order valence-corrected chi connectivity index (χ2v) is 11.9. The van der Waals surface area contributed by atoms with Crippen LogP contribution in [0.15, 0.2) is 35.2 Å². The van der Waals surface area contributed by atoms with Crippen molar-refractivity contribution in [2.45, 2.75) is 37.0 Å². The molecular formula is C13H20OSSi. The fourth-order valence-corrected chi connectivity index (χ4v) is 3.12. The van der Waals surface area contributed by atoms with Crippen LogP contribution in [0.5, 0.6) is 0 Å². The van der Waals surface area contributed by atoms with Crippen LogP contribution in [0.4, 0.5) is 0 Å². The fraction of sp³-hybridized carbons (Fsp3) is 0.462. The molecule has 0 saturated heterocycles. The molecule has 0 fully saturated rings. The zero-order valence-electron chi connectivity index (χ0n) is 10.3. The molecule has 0 radical (unpaired) electrons. The van der Waals surface area contributed by atoms with E-state index in [1.54, 1.807) is 11.8 Å². The Bertz CT molecular complexity index is 330. The standard InChI is InChI=1S/C13H20OSSi/c1-16(2,3)10-9-12(14)11-15-13-7-5-4-6-8-13/h4-8H,9-11H2,1-3H3. The minimum absolute atomic E-state index is 0.385. The number of hydrogen-bond donors (Lipinski definition) is 0. The van der Waals surface area contributed by atoms with Crippen molar-refractivity contribution in [1.82, 2.24) is 0 Å². The lowest BCUT2D eigenvalue weighted by atomic mass is 10.3. The van der Waals surface area contributed by atoms with Crippen molar-refractivity contribution in [3.05, 3.63) is 30.3 Å². The summed E-state index contributed by atoms with van der Waals surface area (Å²) < 4.78 is 0. The average Bonchev–Trinajstić information content (AvgIpc) is 2.24. The molecule has 3 heteroatoms. The van der Waals surface area contributed by atoms with E-state index in [1.165, 1.54) is 4.90 Å². The van der Waals surface area contributed by atoms with Crippen molar-refractivity contribution in [3.8, 4) is 0 Å². The van der Waals surface area contributed by atoms with E-state index < -0.39 is 8.07 Å². The SMILES string of the molecule is C[Si](C)(C)CCC(=O)CSc1ccccc1. The third-order valence-electron chi connectivity index (χ3n) is 2.30. The first-order valence-corrected chi connectivity index (χ1v) is 10.4. The molecule has 0 aliphatic heterocycles. The van der Waals surface area contributed by atoms with Crippen molar-refractivity contribution >= 4 is 25.6 Å². The Morgan fingerprint density at radius 3 is 2.38 bits per heavy atom. The largest absolute Gasteiger partial charge is 0.299 e. The van der Waals surface area contributed by atoms with Crippen molar-refractivity contribution in [2.24, 2.45) is 0 Å². The zero-order valence-corrected chi connectivity index (χ0v) is 12.1. The Morgan fingerprint density at radius 2 is 1.81 bits per heavy atom. The second-order valence-electron chi connectivity index (χ2n) is 5.20. The predicted octanol–water partition coefficient (Wildman–Crippen LogP) is 4.08. The highest BCUT2D eigenvalue weighted by Crippen LogP contribution is 2.19. The highest BCUT2D eigenvalue weighted by molar-refractivity contribution is 8.00. The van der Waals surface area contributed by atoms with Crippen molar-refractivity contribution in [3.63, 3.8) is 0 Å². The van der Waals surface area contributed by atoms with Crippen LogP contribution >= 0.6 is 11.8 Å². The first-order chi connectivity index (χ1) is 7.47. The summed E-state index contributed by atoms with van der Waals surface area (Å²) in [5.74, 6) is 1.00. The fourth-order valence-electron chi connectivity index (χ4n) is 1.27. The van der Waals surface area contributed by atoms with E-state index in [0.29, 0.717) is 11.5 Å². The van der Waals surface area contributed by atoms with E-state index in [1.807, 2.05) is 18.2 Å². The van der Waals surface area contributed by atoms with E-state index in [4.69, 9.17) is 0 Å². The first-order valence-electron chi connectivity index (χ1n) is 5.67. The van der Waals surface area contributed by atoms with Crippen LogP contribution < -0.4 is 0 Å². The van der Waals surface area contributed by atoms with Crippen molar-refractivity contribution in [2.75, 3.05) is 5.75 Å². The molecule has 0 aromatic heterocycles. The van der Waals surface area contributed by atoms with Crippen LogP contribution in [0, 0.1) is 0 Å². The Kier molecular flexibility index (Phi) is 5.29. The normalized spacial score (nSPS) is 11.4. The van der Waals surface area contributed by atoms with Crippen molar-refractivity contribution in [1.29, 1.82) is 0 Å². The highest BCUT2D eigenvalue weighted by Gasteiger charge is 2.14. The molecule has 0 aliphatic carbocycles. The minimum atomic E-state index is -1.06. The molecular weight excluding hydrogens is 232 g/mol. The quantitative estimate of drug-likeness (QED) is 0.560. The average molecular weight is 252 g/mol. The Morgan fingerprint density at radius 1 is 1.19 bits per heavy atom. The summed E-state index contributed by atoms with van der Waals surface area (Å²) in [5, 5.41) is 0. The van der Waals surface area contributed by atoms with Crippen LogP contribution in [0.1, 0.15) is 6.42 Å². The Hall–Kier alpha value is -0.543. The van der Waals surface area contributed by atoms with Gasteiger partial charge in [0.1, 0.15) is 5.78 Å². The Balaban J connectivity index is 2.26. The van der Waals surface area contributed by atoms with Crippen LogP contribution in [0.25, 0.3) is 0 Å². The molecule has 0 bridgehead atoms. The monoisotopic (exact) mass is 252 g/mol. The maximum absolute atomic E-state index is 11.7. The van der Waals surface area contributed by atoms with Gasteiger partial charge in [0.2, 0.25) is 0 Å². The van der Waals surface area contributed by atoms with Gasteiger partial charge in [-0.3, -0.25) is 4.79 Å². The lowest BCUT2D eigenvalue weighted by molar-refractivity contribution is -0.116. The van der Waals surface area contributed by atoms with E-state index in [0.717, 1.165) is 12.5 Å². The molecule has 1 aromatic carbocycles. The van der Waals surface area contributed by atoms with Gasteiger partial charge in [0, 0.05) is 19.4 Å². The number of ketones is 1. The molecule has 0 heterocycles. The van der Waals surface area contributed by atoms with Crippen LogP contribution in [-0.2, 0) is 4.79 Å². The number of Topliss-reactive ketones (excluding diaryl/α,β-unsaturated/α-hetero) is 1. The molecule has 1 nitrogen and oxygen atoms in total. The van der Waals surface area contributed by atoms with Crippen LogP contribution in [0.3, 0.4) is 0 Å². The lowest BCUT2D eigenvalue weighted by Crippen LogP contribution is -2.21. The topological polar surface area (TPSA) is 17.1 Å². The van der Waals surface area contributed by atoms with Gasteiger partial charge in [0.05, 0.1) is 5.75 Å². The molecule has 16 heavy (non-hydrogen) atoms. The van der Waals surface area contributed by atoms with Gasteiger partial charge < -0.3 is 0 Å². The van der Waals surface area contributed by atoms with E-state index in [9.17, 15) is 4.79 Å². The van der Waals surface area contributed by atoms with Crippen LogP contribution in [-0.4, -0.2) is 19.6 Å². The summed E-state index contributed by atoms with van der Waals surface area (Å²) in [6.45, 7) is 6.93. The smallest absolute Gasteiger partial charge is 0.142 e. The lowest BCUT2D eigenvalue weighted by Gasteiger charge is -2.14. The molecule has 1 rings (SSSR count). The highest BCUT2D eigenvalue weighted by atomic mass is 32.2. The van der Waals surface area contributed by atoms with E-state index in [2.05, 4.69) is 31.8 Å². The van der Waals surface area contributed by atoms with Crippen molar-refractivity contribution < 1.29 is 4.79 Å². The maximum atomic E-state index is 11.7. The van der Waals surface area contributed by atoms with Crippen LogP contribution in [0.2, 0.25) is 25.7 Å². The minimum Gasteiger partial charge on any atom is -0.299 e. The van der Waals surface area contributed by atoms with E-state index in [-0.39, 0.29) is 0 Å². The van der Waals surface area contributed by atoms with Gasteiger partial charge in [0.25, 0.3) is 0 Å². The van der Waals surface area contributed by atoms with Gasteiger partial charge in [0.15, 0.2) is 0 Å². The molecule has 0 amide bonds. The zero-order chi connectivity index (χ0) is 12.0.